The maximum atomic E-state index is 5.83. The highest BCUT2D eigenvalue weighted by atomic mass is 35.5. The van der Waals surface area contributed by atoms with Gasteiger partial charge in [0, 0.05) is 11.1 Å². The van der Waals surface area contributed by atoms with Gasteiger partial charge in [-0.3, -0.25) is 11.3 Å². The molecule has 3 nitrogen and oxygen atoms in total. The summed E-state index contributed by atoms with van der Waals surface area (Å²) in [6, 6.07) is 7.96. The van der Waals surface area contributed by atoms with Crippen LogP contribution in [0, 0.1) is 0 Å². The van der Waals surface area contributed by atoms with Gasteiger partial charge in [0.2, 0.25) is 0 Å². The van der Waals surface area contributed by atoms with Gasteiger partial charge >= 0.3 is 0 Å². The zero-order valence-electron chi connectivity index (χ0n) is 9.20. The maximum Gasteiger partial charge on any atom is 0.0472 e. The van der Waals surface area contributed by atoms with Crippen molar-refractivity contribution in [3.63, 3.8) is 0 Å². The highest BCUT2D eigenvalue weighted by Crippen LogP contribution is 2.18. The zero-order chi connectivity index (χ0) is 11.3. The summed E-state index contributed by atoms with van der Waals surface area (Å²) in [6.07, 6.45) is 0.977. The molecule has 0 spiro atoms. The van der Waals surface area contributed by atoms with Gasteiger partial charge in [-0.1, -0.05) is 23.7 Å². The number of rotatable bonds is 5. The Balaban J connectivity index is 2.61. The van der Waals surface area contributed by atoms with E-state index in [2.05, 4.69) is 24.4 Å². The second-order valence-corrected chi connectivity index (χ2v) is 4.30. The summed E-state index contributed by atoms with van der Waals surface area (Å²) in [7, 11) is 4.10. The third-order valence-electron chi connectivity index (χ3n) is 2.34. The molecule has 1 atom stereocenters. The van der Waals surface area contributed by atoms with Gasteiger partial charge < -0.3 is 4.90 Å². The van der Waals surface area contributed by atoms with E-state index in [1.807, 2.05) is 24.3 Å². The third-order valence-corrected chi connectivity index (χ3v) is 2.59. The average Bonchev–Trinajstić information content (AvgIpc) is 2.21. The van der Waals surface area contributed by atoms with Gasteiger partial charge in [-0.15, -0.1) is 0 Å². The van der Waals surface area contributed by atoms with E-state index in [1.54, 1.807) is 0 Å². The van der Waals surface area contributed by atoms with E-state index in [0.29, 0.717) is 0 Å². The molecule has 0 aliphatic carbocycles. The maximum absolute atomic E-state index is 5.83. The number of hydrogen-bond acceptors (Lipinski definition) is 3. The third kappa shape index (κ3) is 4.18. The monoisotopic (exact) mass is 227 g/mol. The Bertz CT molecular complexity index is 284. The van der Waals surface area contributed by atoms with E-state index < -0.39 is 0 Å². The number of nitrogens with one attached hydrogen (secondary N) is 1. The predicted octanol–water partition coefficient (Wildman–Crippen LogP) is 1.80. The molecular weight excluding hydrogens is 210 g/mol. The van der Waals surface area contributed by atoms with Crippen LogP contribution in [-0.4, -0.2) is 25.5 Å². The van der Waals surface area contributed by atoms with Crippen LogP contribution >= 0.6 is 11.6 Å². The molecule has 0 radical (unpaired) electrons. The minimum absolute atomic E-state index is 0.185. The van der Waals surface area contributed by atoms with E-state index in [1.165, 1.54) is 5.56 Å². The van der Waals surface area contributed by atoms with Crippen LogP contribution < -0.4 is 11.3 Å². The number of nitrogens with zero attached hydrogens (tertiary/aromatic N) is 1. The highest BCUT2D eigenvalue weighted by Gasteiger charge is 2.09. The Morgan fingerprint density at radius 3 is 2.40 bits per heavy atom. The summed E-state index contributed by atoms with van der Waals surface area (Å²) in [4.78, 5) is 2.14. The van der Waals surface area contributed by atoms with Gasteiger partial charge in [0.1, 0.15) is 0 Å². The van der Waals surface area contributed by atoms with Crippen LogP contribution in [0.4, 0.5) is 0 Å². The van der Waals surface area contributed by atoms with Crippen molar-refractivity contribution >= 4 is 11.6 Å². The van der Waals surface area contributed by atoms with Crippen molar-refractivity contribution in [1.82, 2.24) is 10.3 Å². The largest absolute Gasteiger partial charge is 0.309 e. The number of hydrogen-bond donors (Lipinski definition) is 2. The lowest BCUT2D eigenvalue weighted by Gasteiger charge is -2.18. The molecule has 3 N–H and O–H groups in total. The Morgan fingerprint density at radius 1 is 1.33 bits per heavy atom. The molecule has 0 aliphatic rings. The lowest BCUT2D eigenvalue weighted by molar-refractivity contribution is 0.363. The lowest BCUT2D eigenvalue weighted by atomic mass is 10.0. The number of hydrazine groups is 1. The molecule has 0 saturated heterocycles. The minimum Gasteiger partial charge on any atom is -0.309 e. The smallest absolute Gasteiger partial charge is 0.0472 e. The quantitative estimate of drug-likeness (QED) is 0.596. The summed E-state index contributed by atoms with van der Waals surface area (Å²) in [6.45, 7) is 0.998. The molecule has 0 aliphatic heterocycles. The van der Waals surface area contributed by atoms with Gasteiger partial charge in [0.05, 0.1) is 0 Å². The topological polar surface area (TPSA) is 41.3 Å². The molecule has 1 unspecified atom stereocenters. The van der Waals surface area contributed by atoms with E-state index in [4.69, 9.17) is 17.4 Å². The first-order valence-corrected chi connectivity index (χ1v) is 5.37. The second kappa shape index (κ2) is 6.08. The van der Waals surface area contributed by atoms with Crippen LogP contribution in [-0.2, 0) is 0 Å². The van der Waals surface area contributed by atoms with E-state index in [-0.39, 0.29) is 6.04 Å². The van der Waals surface area contributed by atoms with Gasteiger partial charge in [-0.25, -0.2) is 0 Å². The van der Waals surface area contributed by atoms with Crippen molar-refractivity contribution in [3.8, 4) is 0 Å². The molecule has 0 fully saturated rings. The summed E-state index contributed by atoms with van der Waals surface area (Å²) in [5.41, 5.74) is 3.99. The molecule has 1 aromatic rings. The Kier molecular flexibility index (Phi) is 5.05. The molecular formula is C11H18ClN3. The SMILES string of the molecule is CN(C)CCC(NN)c1ccc(Cl)cc1. The molecule has 84 valence electrons. The fourth-order valence-corrected chi connectivity index (χ4v) is 1.55. The van der Waals surface area contributed by atoms with Crippen molar-refractivity contribution in [2.24, 2.45) is 5.84 Å². The average molecular weight is 228 g/mol. The van der Waals surface area contributed by atoms with Crippen LogP contribution in [0.1, 0.15) is 18.0 Å². The minimum atomic E-state index is 0.185. The first-order valence-electron chi connectivity index (χ1n) is 5.00. The lowest BCUT2D eigenvalue weighted by Crippen LogP contribution is -2.30. The van der Waals surface area contributed by atoms with Crippen molar-refractivity contribution in [2.45, 2.75) is 12.5 Å². The standard InChI is InChI=1S/C11H18ClN3/c1-15(2)8-7-11(14-13)9-3-5-10(12)6-4-9/h3-6,11,14H,7-8,13H2,1-2H3. The van der Waals surface area contributed by atoms with Crippen LogP contribution in [0.25, 0.3) is 0 Å². The molecule has 1 rings (SSSR count). The molecule has 0 saturated carbocycles. The molecule has 1 aromatic carbocycles. The van der Waals surface area contributed by atoms with Crippen LogP contribution in [0.5, 0.6) is 0 Å². The first kappa shape index (κ1) is 12.5. The van der Waals surface area contributed by atoms with Gasteiger partial charge in [0.25, 0.3) is 0 Å². The summed E-state index contributed by atoms with van der Waals surface area (Å²) >= 11 is 5.83. The Hall–Kier alpha value is -0.610. The molecule has 4 heteroatoms. The highest BCUT2D eigenvalue weighted by molar-refractivity contribution is 6.30. The molecule has 0 bridgehead atoms. The van der Waals surface area contributed by atoms with Crippen molar-refractivity contribution in [2.75, 3.05) is 20.6 Å². The fourth-order valence-electron chi connectivity index (χ4n) is 1.43. The van der Waals surface area contributed by atoms with E-state index in [0.717, 1.165) is 18.0 Å². The van der Waals surface area contributed by atoms with Gasteiger partial charge in [-0.2, -0.15) is 0 Å². The first-order chi connectivity index (χ1) is 7.13. The van der Waals surface area contributed by atoms with Crippen molar-refractivity contribution in [1.29, 1.82) is 0 Å². The number of nitrogens with two attached hydrogens (primary N) is 1. The van der Waals surface area contributed by atoms with E-state index >= 15 is 0 Å². The molecule has 0 aromatic heterocycles. The van der Waals surface area contributed by atoms with Crippen LogP contribution in [0.2, 0.25) is 5.02 Å². The molecule has 0 amide bonds. The summed E-state index contributed by atoms with van der Waals surface area (Å²) < 4.78 is 0. The van der Waals surface area contributed by atoms with Crippen LogP contribution in [0.15, 0.2) is 24.3 Å². The fraction of sp³-hybridized carbons (Fsp3) is 0.455. The Morgan fingerprint density at radius 2 is 1.93 bits per heavy atom. The van der Waals surface area contributed by atoms with Gasteiger partial charge in [0.15, 0.2) is 0 Å². The van der Waals surface area contributed by atoms with E-state index in [9.17, 15) is 0 Å². The molecule has 0 heterocycles. The van der Waals surface area contributed by atoms with Crippen molar-refractivity contribution in [3.05, 3.63) is 34.9 Å². The summed E-state index contributed by atoms with van der Waals surface area (Å²) in [5.74, 6) is 5.53. The zero-order valence-corrected chi connectivity index (χ0v) is 9.96. The van der Waals surface area contributed by atoms with Crippen LogP contribution in [0.3, 0.4) is 0 Å². The number of benzene rings is 1. The van der Waals surface area contributed by atoms with Crippen molar-refractivity contribution < 1.29 is 0 Å². The predicted molar refractivity (Wildman–Crippen MR) is 64.7 cm³/mol. The Labute approximate surface area is 96.2 Å². The number of halogens is 1. The summed E-state index contributed by atoms with van der Waals surface area (Å²) in [5, 5.41) is 0.752. The van der Waals surface area contributed by atoms with Gasteiger partial charge in [-0.05, 0) is 44.8 Å². The molecule has 15 heavy (non-hydrogen) atoms. The normalized spacial score (nSPS) is 13.1. The second-order valence-electron chi connectivity index (χ2n) is 3.86.